The minimum Gasteiger partial charge on any atom is -0.341 e. The molecule has 0 spiro atoms. The van der Waals surface area contributed by atoms with E-state index in [9.17, 15) is 9.59 Å². The topological polar surface area (TPSA) is 102 Å². The summed E-state index contributed by atoms with van der Waals surface area (Å²) >= 11 is 0. The SMILES string of the molecule is Cn1c(=O)[nH]c(=O)c2c1nc(N1CCCC(N)C1)n2Cc1ccccc1. The second kappa shape index (κ2) is 6.45. The lowest BCUT2D eigenvalue weighted by Gasteiger charge is -2.31. The van der Waals surface area contributed by atoms with E-state index >= 15 is 0 Å². The molecule has 1 aliphatic rings. The monoisotopic (exact) mass is 354 g/mol. The van der Waals surface area contributed by atoms with E-state index in [1.807, 2.05) is 34.9 Å². The van der Waals surface area contributed by atoms with Gasteiger partial charge in [0.15, 0.2) is 11.2 Å². The summed E-state index contributed by atoms with van der Waals surface area (Å²) in [6, 6.07) is 9.98. The van der Waals surface area contributed by atoms with Gasteiger partial charge in [0.1, 0.15) is 0 Å². The molecule has 2 aromatic heterocycles. The molecule has 0 amide bonds. The molecule has 1 aliphatic heterocycles. The number of aromatic amines is 1. The number of aryl methyl sites for hydroxylation is 1. The van der Waals surface area contributed by atoms with Crippen molar-refractivity contribution in [1.29, 1.82) is 0 Å². The van der Waals surface area contributed by atoms with Gasteiger partial charge in [0, 0.05) is 26.2 Å². The number of anilines is 1. The van der Waals surface area contributed by atoms with Gasteiger partial charge in [-0.05, 0) is 18.4 Å². The van der Waals surface area contributed by atoms with Crippen LogP contribution in [0.5, 0.6) is 0 Å². The lowest BCUT2D eigenvalue weighted by Crippen LogP contribution is -2.44. The van der Waals surface area contributed by atoms with Gasteiger partial charge in [0.2, 0.25) is 5.95 Å². The molecular weight excluding hydrogens is 332 g/mol. The standard InChI is InChI=1S/C18H22N6O2/c1-22-15-14(16(25)21-18(22)26)24(10-12-6-3-2-4-7-12)17(20-15)23-9-5-8-13(19)11-23/h2-4,6-7,13H,5,8-11,19H2,1H3,(H,21,25,26). The molecule has 1 aromatic carbocycles. The third-order valence-electron chi connectivity index (χ3n) is 4.91. The van der Waals surface area contributed by atoms with Crippen molar-refractivity contribution in [2.24, 2.45) is 12.8 Å². The quantitative estimate of drug-likeness (QED) is 0.709. The normalized spacial score (nSPS) is 17.8. The first kappa shape index (κ1) is 16.6. The van der Waals surface area contributed by atoms with Gasteiger partial charge in [-0.2, -0.15) is 4.98 Å². The molecule has 1 unspecified atom stereocenters. The zero-order chi connectivity index (χ0) is 18.3. The Kier molecular flexibility index (Phi) is 4.12. The summed E-state index contributed by atoms with van der Waals surface area (Å²) < 4.78 is 3.27. The van der Waals surface area contributed by atoms with Crippen LogP contribution in [0.3, 0.4) is 0 Å². The molecule has 3 N–H and O–H groups in total. The van der Waals surface area contributed by atoms with Crippen molar-refractivity contribution in [2.75, 3.05) is 18.0 Å². The van der Waals surface area contributed by atoms with Crippen molar-refractivity contribution in [3.63, 3.8) is 0 Å². The van der Waals surface area contributed by atoms with Crippen LogP contribution in [-0.2, 0) is 13.6 Å². The van der Waals surface area contributed by atoms with Crippen LogP contribution in [-0.4, -0.2) is 38.2 Å². The van der Waals surface area contributed by atoms with Crippen molar-refractivity contribution in [3.05, 3.63) is 56.7 Å². The highest BCUT2D eigenvalue weighted by molar-refractivity contribution is 5.74. The lowest BCUT2D eigenvalue weighted by molar-refractivity contribution is 0.495. The molecule has 8 heteroatoms. The van der Waals surface area contributed by atoms with E-state index in [1.165, 1.54) is 4.57 Å². The Hall–Kier alpha value is -2.87. The van der Waals surface area contributed by atoms with Crippen LogP contribution in [0.25, 0.3) is 11.2 Å². The summed E-state index contributed by atoms with van der Waals surface area (Å²) in [5.41, 5.74) is 7.12. The van der Waals surface area contributed by atoms with Crippen LogP contribution in [0.4, 0.5) is 5.95 Å². The van der Waals surface area contributed by atoms with Gasteiger partial charge in [-0.15, -0.1) is 0 Å². The Labute approximate surface area is 149 Å². The van der Waals surface area contributed by atoms with Crippen LogP contribution >= 0.6 is 0 Å². The summed E-state index contributed by atoms with van der Waals surface area (Å²) in [6.07, 6.45) is 1.96. The lowest BCUT2D eigenvalue weighted by atomic mass is 10.1. The number of nitrogens with one attached hydrogen (secondary N) is 1. The van der Waals surface area contributed by atoms with Gasteiger partial charge in [0.25, 0.3) is 5.56 Å². The molecule has 3 heterocycles. The Bertz CT molecular complexity index is 1050. The molecule has 1 fully saturated rings. The zero-order valence-electron chi connectivity index (χ0n) is 14.7. The smallest absolute Gasteiger partial charge is 0.329 e. The maximum atomic E-state index is 12.6. The van der Waals surface area contributed by atoms with E-state index in [1.54, 1.807) is 7.05 Å². The predicted octanol–water partition coefficient (Wildman–Crippen LogP) is 0.399. The number of rotatable bonds is 3. The number of imidazole rings is 1. The van der Waals surface area contributed by atoms with E-state index in [4.69, 9.17) is 5.73 Å². The minimum atomic E-state index is -0.464. The number of aromatic nitrogens is 4. The van der Waals surface area contributed by atoms with Crippen molar-refractivity contribution in [1.82, 2.24) is 19.1 Å². The third-order valence-corrected chi connectivity index (χ3v) is 4.91. The number of nitrogens with zero attached hydrogens (tertiary/aromatic N) is 4. The van der Waals surface area contributed by atoms with E-state index in [2.05, 4.69) is 14.9 Å². The molecular formula is C18H22N6O2. The highest BCUT2D eigenvalue weighted by atomic mass is 16.2. The molecule has 1 atom stereocenters. The molecule has 4 rings (SSSR count). The zero-order valence-corrected chi connectivity index (χ0v) is 14.7. The Morgan fingerprint density at radius 3 is 2.77 bits per heavy atom. The van der Waals surface area contributed by atoms with Gasteiger partial charge in [0.05, 0.1) is 6.54 Å². The highest BCUT2D eigenvalue weighted by Crippen LogP contribution is 2.23. The largest absolute Gasteiger partial charge is 0.341 e. The average molecular weight is 354 g/mol. The molecule has 1 saturated heterocycles. The van der Waals surface area contributed by atoms with Crippen LogP contribution in [0.1, 0.15) is 18.4 Å². The van der Waals surface area contributed by atoms with Crippen LogP contribution in [0, 0.1) is 0 Å². The minimum absolute atomic E-state index is 0.0795. The molecule has 8 nitrogen and oxygen atoms in total. The number of benzene rings is 1. The molecule has 136 valence electrons. The number of piperidine rings is 1. The fourth-order valence-electron chi connectivity index (χ4n) is 3.57. The third kappa shape index (κ3) is 2.82. The molecule has 0 bridgehead atoms. The number of H-pyrrole nitrogens is 1. The van der Waals surface area contributed by atoms with Gasteiger partial charge in [-0.3, -0.25) is 18.9 Å². The summed E-state index contributed by atoms with van der Waals surface area (Å²) in [5.74, 6) is 0.686. The van der Waals surface area contributed by atoms with E-state index in [0.717, 1.165) is 24.9 Å². The summed E-state index contributed by atoms with van der Waals surface area (Å²) in [6.45, 7) is 2.02. The average Bonchev–Trinajstić information content (AvgIpc) is 3.01. The first-order valence-electron chi connectivity index (χ1n) is 8.78. The van der Waals surface area contributed by atoms with Gasteiger partial charge < -0.3 is 10.6 Å². The van der Waals surface area contributed by atoms with Gasteiger partial charge >= 0.3 is 5.69 Å². The van der Waals surface area contributed by atoms with Crippen molar-refractivity contribution in [2.45, 2.75) is 25.4 Å². The highest BCUT2D eigenvalue weighted by Gasteiger charge is 2.25. The van der Waals surface area contributed by atoms with Crippen molar-refractivity contribution < 1.29 is 0 Å². The van der Waals surface area contributed by atoms with Gasteiger partial charge in [-0.25, -0.2) is 4.79 Å². The summed E-state index contributed by atoms with van der Waals surface area (Å²) in [7, 11) is 1.62. The second-order valence-corrected chi connectivity index (χ2v) is 6.82. The number of hydrogen-bond acceptors (Lipinski definition) is 5. The first-order valence-corrected chi connectivity index (χ1v) is 8.78. The fraction of sp³-hybridized carbons (Fsp3) is 0.389. The van der Waals surface area contributed by atoms with Gasteiger partial charge in [-0.1, -0.05) is 30.3 Å². The molecule has 26 heavy (non-hydrogen) atoms. The Morgan fingerprint density at radius 1 is 1.27 bits per heavy atom. The van der Waals surface area contributed by atoms with E-state index in [-0.39, 0.29) is 6.04 Å². The Balaban J connectivity index is 1.93. The number of hydrogen-bond donors (Lipinski definition) is 2. The summed E-state index contributed by atoms with van der Waals surface area (Å²) in [4.78, 5) is 33.7. The van der Waals surface area contributed by atoms with Crippen molar-refractivity contribution in [3.8, 4) is 0 Å². The predicted molar refractivity (Wildman–Crippen MR) is 101 cm³/mol. The van der Waals surface area contributed by atoms with E-state index < -0.39 is 11.2 Å². The molecule has 0 saturated carbocycles. The Morgan fingerprint density at radius 2 is 2.04 bits per heavy atom. The number of fused-ring (bicyclic) bond motifs is 1. The van der Waals surface area contributed by atoms with Crippen LogP contribution in [0.15, 0.2) is 39.9 Å². The fourth-order valence-corrected chi connectivity index (χ4v) is 3.57. The molecule has 0 aliphatic carbocycles. The van der Waals surface area contributed by atoms with Crippen LogP contribution in [0.2, 0.25) is 0 Å². The molecule has 0 radical (unpaired) electrons. The maximum absolute atomic E-state index is 12.6. The molecule has 3 aromatic rings. The first-order chi connectivity index (χ1) is 12.5. The maximum Gasteiger partial charge on any atom is 0.329 e. The summed E-state index contributed by atoms with van der Waals surface area (Å²) in [5, 5.41) is 0. The second-order valence-electron chi connectivity index (χ2n) is 6.82. The number of nitrogens with two attached hydrogens (primary N) is 1. The van der Waals surface area contributed by atoms with Crippen LogP contribution < -0.4 is 21.9 Å². The van der Waals surface area contributed by atoms with E-state index in [0.29, 0.717) is 30.2 Å². The van der Waals surface area contributed by atoms with Crippen molar-refractivity contribution >= 4 is 17.1 Å².